The van der Waals surface area contributed by atoms with E-state index in [0.29, 0.717) is 0 Å². The summed E-state index contributed by atoms with van der Waals surface area (Å²) >= 11 is -0.167. The van der Waals surface area contributed by atoms with Crippen molar-refractivity contribution >= 4 is 0 Å². The van der Waals surface area contributed by atoms with Gasteiger partial charge >= 0.3 is 80.7 Å². The summed E-state index contributed by atoms with van der Waals surface area (Å²) in [4.78, 5) is 0. The Kier molecular flexibility index (Phi) is 44.2. The van der Waals surface area contributed by atoms with Gasteiger partial charge in [-0.1, -0.05) is 0 Å². The molecule has 0 saturated carbocycles. The predicted molar refractivity (Wildman–Crippen MR) is 1.37 cm³/mol. The van der Waals surface area contributed by atoms with E-state index in [2.05, 4.69) is 0 Å². The Morgan fingerprint density at radius 1 is 0.750 bits per heavy atom. The number of hydrogen-bond donors (Lipinski definition) is 0. The van der Waals surface area contributed by atoms with Gasteiger partial charge in [0.25, 0.3) is 0 Å². The van der Waals surface area contributed by atoms with Crippen molar-refractivity contribution in [2.24, 2.45) is 0 Å². The van der Waals surface area contributed by atoms with Gasteiger partial charge in [-0.25, -0.2) is 0 Å². The van der Waals surface area contributed by atoms with Crippen LogP contribution in [0.4, 0.5) is 0 Å². The summed E-state index contributed by atoms with van der Waals surface area (Å²) in [7, 11) is 0. The van der Waals surface area contributed by atoms with Gasteiger partial charge in [0.15, 0.2) is 0 Å². The third kappa shape index (κ3) is 8.84. The maximum absolute atomic E-state index is 8.42. The van der Waals surface area contributed by atoms with Crippen molar-refractivity contribution in [2.45, 2.75) is 0 Å². The molecule has 0 N–H and O–H groups in total. The fourth-order valence-corrected chi connectivity index (χ4v) is 0. The van der Waals surface area contributed by atoms with Crippen LogP contribution in [0, 0.1) is 78.7 Å². The zero-order valence-electron chi connectivity index (χ0n) is 1.97. The Labute approximate surface area is 78.4 Å². The van der Waals surface area contributed by atoms with Gasteiger partial charge < -0.3 is 0 Å². The van der Waals surface area contributed by atoms with Crippen LogP contribution in [-0.2, 0) is 1.99 Å². The van der Waals surface area contributed by atoms with Gasteiger partial charge in [0.1, 0.15) is 0 Å². The topological polar surface area (TPSA) is 34.1 Å². The zero-order valence-corrected chi connectivity index (χ0v) is 9.38. The summed E-state index contributed by atoms with van der Waals surface area (Å²) in [5, 5.41) is 0. The zero-order chi connectivity index (χ0) is 4.00. The number of rotatable bonds is 0. The second kappa shape index (κ2) is 18.4. The van der Waals surface area contributed by atoms with Gasteiger partial charge in [0, 0.05) is 0 Å². The molecular formula is O2Pr2. The van der Waals surface area contributed by atoms with Crippen LogP contribution >= 0.6 is 0 Å². The first-order valence-electron chi connectivity index (χ1n) is 0.471. The molecule has 0 aliphatic heterocycles. The average Bonchev–Trinajstić information content (AvgIpc) is 1.50. The van der Waals surface area contributed by atoms with Crippen LogP contribution < -0.4 is 0 Å². The van der Waals surface area contributed by atoms with E-state index in [-0.39, 0.29) is 78.7 Å². The third-order valence-electron chi connectivity index (χ3n) is 0. The number of hydrogen-bond acceptors (Lipinski definition) is 2. The minimum absolute atomic E-state index is 0.0833. The molecule has 0 fully saturated rings. The SMILES string of the molecule is [O]=[Pr].[O]=[Pr]. The fourth-order valence-electron chi connectivity index (χ4n) is 0. The van der Waals surface area contributed by atoms with E-state index in [1.54, 1.807) is 0 Å². The van der Waals surface area contributed by atoms with Crippen LogP contribution in [0.2, 0.25) is 0 Å². The maximum atomic E-state index is 8.42. The molecule has 0 bridgehead atoms. The van der Waals surface area contributed by atoms with Gasteiger partial charge in [-0.3, -0.25) is 0 Å². The molecule has 0 spiro atoms. The monoisotopic (exact) mass is 314 g/mol. The molecular weight excluding hydrogens is 314 g/mol. The van der Waals surface area contributed by atoms with E-state index in [9.17, 15) is 0 Å². The first kappa shape index (κ1) is 9.59. The molecule has 0 aromatic heterocycles. The van der Waals surface area contributed by atoms with E-state index in [4.69, 9.17) is 1.99 Å². The molecule has 0 aliphatic rings. The van der Waals surface area contributed by atoms with Crippen LogP contribution in [0.5, 0.6) is 0 Å². The Morgan fingerprint density at radius 2 is 0.750 bits per heavy atom. The van der Waals surface area contributed by atoms with Crippen molar-refractivity contribution in [1.82, 2.24) is 0 Å². The Morgan fingerprint density at radius 3 is 0.750 bits per heavy atom. The van der Waals surface area contributed by atoms with E-state index in [0.717, 1.165) is 0 Å². The first-order valence-corrected chi connectivity index (χ1v) is 3.50. The van der Waals surface area contributed by atoms with Crippen LogP contribution in [0.3, 0.4) is 0 Å². The molecule has 4 heteroatoms. The van der Waals surface area contributed by atoms with Crippen LogP contribution in [0.25, 0.3) is 0 Å². The van der Waals surface area contributed by atoms with Gasteiger partial charge in [0.05, 0.1) is 0 Å². The minimum atomic E-state index is -0.0833. The van der Waals surface area contributed by atoms with E-state index >= 15 is 0 Å². The first-order chi connectivity index (χ1) is 2.00. The van der Waals surface area contributed by atoms with E-state index in [1.165, 1.54) is 0 Å². The van der Waals surface area contributed by atoms with E-state index < -0.39 is 0 Å². The molecule has 4 heavy (non-hydrogen) atoms. The molecule has 2 nitrogen and oxygen atoms in total. The summed E-state index contributed by atoms with van der Waals surface area (Å²) in [6, 6.07) is 0. The summed E-state index contributed by atoms with van der Waals surface area (Å²) in [5.41, 5.74) is 0. The fraction of sp³-hybridized carbons (Fsp3) is 0. The second-order valence-electron chi connectivity index (χ2n) is 0. The van der Waals surface area contributed by atoms with Crippen molar-refractivity contribution in [3.05, 3.63) is 0 Å². The van der Waals surface area contributed by atoms with Crippen molar-refractivity contribution in [2.75, 3.05) is 0 Å². The molecule has 0 aromatic carbocycles. The van der Waals surface area contributed by atoms with Gasteiger partial charge in [-0.2, -0.15) is 0 Å². The molecule has 0 radical (unpaired) electrons. The van der Waals surface area contributed by atoms with Crippen LogP contribution in [0.1, 0.15) is 0 Å². The predicted octanol–water partition coefficient (Wildman–Crippen LogP) is -0.238. The van der Waals surface area contributed by atoms with E-state index in [1.807, 2.05) is 0 Å². The van der Waals surface area contributed by atoms with Crippen molar-refractivity contribution in [1.29, 1.82) is 0 Å². The molecule has 0 saturated heterocycles. The molecule has 18 valence electrons. The Bertz CT molecular complexity index is 6.00. The van der Waals surface area contributed by atoms with Crippen LogP contribution in [0.15, 0.2) is 0 Å². The van der Waals surface area contributed by atoms with Crippen molar-refractivity contribution < 1.29 is 80.7 Å². The normalized spacial score (nSPS) is 3.00. The van der Waals surface area contributed by atoms with Gasteiger partial charge in [-0.05, 0) is 0 Å². The van der Waals surface area contributed by atoms with Crippen molar-refractivity contribution in [3.63, 3.8) is 0 Å². The molecule has 0 amide bonds. The summed E-state index contributed by atoms with van der Waals surface area (Å²) in [6.45, 7) is 0. The second-order valence-corrected chi connectivity index (χ2v) is 0. The average molecular weight is 314 g/mol. The van der Waals surface area contributed by atoms with Gasteiger partial charge in [0.2, 0.25) is 0 Å². The summed E-state index contributed by atoms with van der Waals surface area (Å²) in [6.07, 6.45) is 0. The molecule has 0 atom stereocenters. The molecule has 0 aliphatic carbocycles. The molecule has 0 rings (SSSR count). The summed E-state index contributed by atoms with van der Waals surface area (Å²) in [5.74, 6) is 0. The quantitative estimate of drug-likeness (QED) is 0.619. The van der Waals surface area contributed by atoms with Crippen LogP contribution in [-0.4, -0.2) is 0 Å². The standard InChI is InChI=1S/2O.2Pr. The molecule has 0 aromatic rings. The van der Waals surface area contributed by atoms with Gasteiger partial charge in [-0.15, -0.1) is 0 Å². The van der Waals surface area contributed by atoms with Crippen molar-refractivity contribution in [3.8, 4) is 0 Å². The Balaban J connectivity index is 0. The third-order valence-corrected chi connectivity index (χ3v) is 0. The molecule has 0 heterocycles. The molecule has 0 unspecified atom stereocenters. The Hall–Kier alpha value is 2.33. The summed E-state index contributed by atoms with van der Waals surface area (Å²) < 4.78 is 16.8.